The Morgan fingerprint density at radius 2 is 1.95 bits per heavy atom. The first-order valence-electron chi connectivity index (χ1n) is 7.62. The topological polar surface area (TPSA) is 45.8 Å². The van der Waals surface area contributed by atoms with Gasteiger partial charge < -0.3 is 4.98 Å². The number of H-pyrrole nitrogens is 1. The highest BCUT2D eigenvalue weighted by Crippen LogP contribution is 2.20. The Bertz CT molecular complexity index is 652. The second-order valence-electron chi connectivity index (χ2n) is 5.44. The van der Waals surface area contributed by atoms with Crippen molar-refractivity contribution in [3.05, 3.63) is 57.5 Å². The van der Waals surface area contributed by atoms with Crippen LogP contribution in [0.1, 0.15) is 36.1 Å². The Kier molecular flexibility index (Phi) is 4.76. The summed E-state index contributed by atoms with van der Waals surface area (Å²) in [5, 5.41) is 0.786. The lowest BCUT2D eigenvalue weighted by atomic mass is 9.97. The van der Waals surface area contributed by atoms with E-state index in [1.807, 2.05) is 6.07 Å². The molecule has 1 heterocycles. The number of fused-ring (bicyclic) bond motifs is 1. The maximum atomic E-state index is 12.0. The van der Waals surface area contributed by atoms with Crippen LogP contribution in [0, 0.1) is 0 Å². The monoisotopic (exact) mass is 300 g/mol. The molecule has 4 heteroatoms. The van der Waals surface area contributed by atoms with Gasteiger partial charge in [-0.3, -0.25) is 4.79 Å². The SMILES string of the molecule is O=c1[nH]c(SCCCc2ccccc2)nc2c1CCCC2. The van der Waals surface area contributed by atoms with Gasteiger partial charge in [0.05, 0.1) is 5.69 Å². The molecule has 3 rings (SSSR count). The summed E-state index contributed by atoms with van der Waals surface area (Å²) in [4.78, 5) is 19.6. The molecule has 2 aromatic rings. The normalized spacial score (nSPS) is 13.9. The third kappa shape index (κ3) is 3.76. The number of hydrogen-bond donors (Lipinski definition) is 1. The van der Waals surface area contributed by atoms with Gasteiger partial charge in [-0.1, -0.05) is 42.1 Å². The molecule has 1 N–H and O–H groups in total. The zero-order valence-corrected chi connectivity index (χ0v) is 12.9. The van der Waals surface area contributed by atoms with Crippen molar-refractivity contribution in [2.45, 2.75) is 43.7 Å². The summed E-state index contributed by atoms with van der Waals surface area (Å²) in [6.07, 6.45) is 6.27. The van der Waals surface area contributed by atoms with Crippen molar-refractivity contribution in [2.75, 3.05) is 5.75 Å². The average molecular weight is 300 g/mol. The van der Waals surface area contributed by atoms with Crippen molar-refractivity contribution in [1.29, 1.82) is 0 Å². The largest absolute Gasteiger partial charge is 0.301 e. The highest BCUT2D eigenvalue weighted by atomic mass is 32.2. The molecule has 0 radical (unpaired) electrons. The summed E-state index contributed by atoms with van der Waals surface area (Å²) >= 11 is 1.66. The fourth-order valence-electron chi connectivity index (χ4n) is 2.74. The standard InChI is InChI=1S/C17H20N2OS/c20-16-14-10-4-5-11-15(14)18-17(19-16)21-12-6-9-13-7-2-1-3-8-13/h1-3,7-8H,4-6,9-12H2,(H,18,19,20). The van der Waals surface area contributed by atoms with Crippen LogP contribution in [0.5, 0.6) is 0 Å². The number of nitrogens with one attached hydrogen (secondary N) is 1. The number of benzene rings is 1. The smallest absolute Gasteiger partial charge is 0.254 e. The molecule has 0 spiro atoms. The van der Waals surface area contributed by atoms with Crippen molar-refractivity contribution < 1.29 is 0 Å². The lowest BCUT2D eigenvalue weighted by molar-refractivity contribution is 0.641. The zero-order chi connectivity index (χ0) is 14.5. The van der Waals surface area contributed by atoms with Crippen molar-refractivity contribution in [3.8, 4) is 0 Å². The minimum atomic E-state index is 0.0743. The molecule has 0 aliphatic heterocycles. The minimum absolute atomic E-state index is 0.0743. The van der Waals surface area contributed by atoms with Crippen LogP contribution in [0.3, 0.4) is 0 Å². The van der Waals surface area contributed by atoms with Crippen LogP contribution in [-0.4, -0.2) is 15.7 Å². The van der Waals surface area contributed by atoms with Gasteiger partial charge in [-0.15, -0.1) is 0 Å². The van der Waals surface area contributed by atoms with Gasteiger partial charge in [0.1, 0.15) is 0 Å². The van der Waals surface area contributed by atoms with E-state index in [4.69, 9.17) is 0 Å². The first-order valence-corrected chi connectivity index (χ1v) is 8.60. The van der Waals surface area contributed by atoms with E-state index < -0.39 is 0 Å². The van der Waals surface area contributed by atoms with Gasteiger partial charge >= 0.3 is 0 Å². The maximum Gasteiger partial charge on any atom is 0.254 e. The Morgan fingerprint density at radius 1 is 1.14 bits per heavy atom. The van der Waals surface area contributed by atoms with Gasteiger partial charge in [0.25, 0.3) is 5.56 Å². The van der Waals surface area contributed by atoms with Crippen LogP contribution in [-0.2, 0) is 19.3 Å². The molecule has 110 valence electrons. The minimum Gasteiger partial charge on any atom is -0.301 e. The van der Waals surface area contributed by atoms with Gasteiger partial charge in [-0.2, -0.15) is 0 Å². The Labute approximate surface area is 129 Å². The lowest BCUT2D eigenvalue weighted by Crippen LogP contribution is -2.21. The zero-order valence-electron chi connectivity index (χ0n) is 12.1. The van der Waals surface area contributed by atoms with Crippen LogP contribution >= 0.6 is 11.8 Å². The molecule has 1 aromatic heterocycles. The van der Waals surface area contributed by atoms with Crippen LogP contribution in [0.25, 0.3) is 0 Å². The third-order valence-corrected chi connectivity index (χ3v) is 4.82. The van der Waals surface area contributed by atoms with E-state index in [1.165, 1.54) is 5.56 Å². The van der Waals surface area contributed by atoms with Crippen molar-refractivity contribution >= 4 is 11.8 Å². The Balaban J connectivity index is 1.56. The third-order valence-electron chi connectivity index (χ3n) is 3.86. The number of hydrogen-bond acceptors (Lipinski definition) is 3. The maximum absolute atomic E-state index is 12.0. The van der Waals surface area contributed by atoms with E-state index in [-0.39, 0.29) is 5.56 Å². The second-order valence-corrected chi connectivity index (χ2v) is 6.52. The molecule has 3 nitrogen and oxygen atoms in total. The van der Waals surface area contributed by atoms with Gasteiger partial charge in [0.15, 0.2) is 5.16 Å². The predicted molar refractivity (Wildman–Crippen MR) is 87.0 cm³/mol. The highest BCUT2D eigenvalue weighted by molar-refractivity contribution is 7.99. The Hall–Kier alpha value is -1.55. The van der Waals surface area contributed by atoms with Crippen LogP contribution in [0.15, 0.2) is 40.3 Å². The first-order chi connectivity index (χ1) is 10.3. The molecule has 1 aliphatic carbocycles. The molecule has 0 saturated heterocycles. The quantitative estimate of drug-likeness (QED) is 0.523. The van der Waals surface area contributed by atoms with Gasteiger partial charge in [0.2, 0.25) is 0 Å². The number of aromatic nitrogens is 2. The van der Waals surface area contributed by atoms with Crippen molar-refractivity contribution in [3.63, 3.8) is 0 Å². The number of nitrogens with zero attached hydrogens (tertiary/aromatic N) is 1. The predicted octanol–water partition coefficient (Wildman–Crippen LogP) is 3.37. The summed E-state index contributed by atoms with van der Waals surface area (Å²) in [5.74, 6) is 0.983. The fraction of sp³-hybridized carbons (Fsp3) is 0.412. The molecule has 0 saturated carbocycles. The summed E-state index contributed by atoms with van der Waals surface area (Å²) in [6, 6.07) is 10.5. The molecule has 0 fully saturated rings. The van der Waals surface area contributed by atoms with E-state index >= 15 is 0 Å². The lowest BCUT2D eigenvalue weighted by Gasteiger charge is -2.14. The van der Waals surface area contributed by atoms with Gasteiger partial charge in [0, 0.05) is 11.3 Å². The van der Waals surface area contributed by atoms with Crippen molar-refractivity contribution in [1.82, 2.24) is 9.97 Å². The summed E-state index contributed by atoms with van der Waals surface area (Å²) < 4.78 is 0. The molecule has 21 heavy (non-hydrogen) atoms. The number of aromatic amines is 1. The van der Waals surface area contributed by atoms with E-state index in [2.05, 4.69) is 34.2 Å². The summed E-state index contributed by atoms with van der Waals surface area (Å²) in [7, 11) is 0. The fourth-order valence-corrected chi connectivity index (χ4v) is 3.56. The summed E-state index contributed by atoms with van der Waals surface area (Å²) in [5.41, 5.74) is 3.38. The van der Waals surface area contributed by atoms with Crippen LogP contribution in [0.2, 0.25) is 0 Å². The van der Waals surface area contributed by atoms with E-state index in [9.17, 15) is 4.79 Å². The molecular weight excluding hydrogens is 280 g/mol. The average Bonchev–Trinajstić information content (AvgIpc) is 2.53. The first kappa shape index (κ1) is 14.4. The molecule has 1 aromatic carbocycles. The van der Waals surface area contributed by atoms with E-state index in [1.54, 1.807) is 11.8 Å². The second kappa shape index (κ2) is 6.94. The van der Waals surface area contributed by atoms with Crippen molar-refractivity contribution in [2.24, 2.45) is 0 Å². The van der Waals surface area contributed by atoms with E-state index in [0.29, 0.717) is 0 Å². The number of thioether (sulfide) groups is 1. The Morgan fingerprint density at radius 3 is 2.81 bits per heavy atom. The van der Waals surface area contributed by atoms with Gasteiger partial charge in [-0.05, 0) is 44.1 Å². The molecule has 0 bridgehead atoms. The summed E-state index contributed by atoms with van der Waals surface area (Å²) in [6.45, 7) is 0. The highest BCUT2D eigenvalue weighted by Gasteiger charge is 2.15. The molecule has 1 aliphatic rings. The number of rotatable bonds is 5. The van der Waals surface area contributed by atoms with Crippen LogP contribution < -0.4 is 5.56 Å². The molecule has 0 atom stereocenters. The number of aryl methyl sites for hydroxylation is 2. The molecule has 0 amide bonds. The molecule has 0 unspecified atom stereocenters. The van der Waals surface area contributed by atoms with E-state index in [0.717, 1.165) is 60.7 Å². The molecular formula is C17H20N2OS. The van der Waals surface area contributed by atoms with Crippen LogP contribution in [0.4, 0.5) is 0 Å². The van der Waals surface area contributed by atoms with Gasteiger partial charge in [-0.25, -0.2) is 4.98 Å².